The van der Waals surface area contributed by atoms with Gasteiger partial charge in [-0.05, 0) is 25.5 Å². The Bertz CT molecular complexity index is 623. The van der Waals surface area contributed by atoms with Crippen molar-refractivity contribution in [3.63, 3.8) is 0 Å². The molecule has 1 atom stereocenters. The topological polar surface area (TPSA) is 91.8 Å². The summed E-state index contributed by atoms with van der Waals surface area (Å²) in [6, 6.07) is 7.86. The van der Waals surface area contributed by atoms with Crippen molar-refractivity contribution in [2.45, 2.75) is 20.0 Å². The summed E-state index contributed by atoms with van der Waals surface area (Å²) >= 11 is 0. The van der Waals surface area contributed by atoms with Crippen LogP contribution in [0.1, 0.15) is 12.5 Å². The molecular formula is C15H27IN4O3S. The summed E-state index contributed by atoms with van der Waals surface area (Å²) in [5, 5.41) is 6.17. The average Bonchev–Trinajstić information content (AvgIpc) is 2.48. The summed E-state index contributed by atoms with van der Waals surface area (Å²) in [4.78, 5) is 4.08. The van der Waals surface area contributed by atoms with Crippen molar-refractivity contribution in [1.82, 2.24) is 15.4 Å². The Kier molecular flexibility index (Phi) is 11.0. The van der Waals surface area contributed by atoms with Crippen molar-refractivity contribution in [2.75, 3.05) is 32.9 Å². The van der Waals surface area contributed by atoms with Gasteiger partial charge in [0.15, 0.2) is 5.96 Å². The number of aryl methyl sites for hydroxylation is 1. The summed E-state index contributed by atoms with van der Waals surface area (Å²) in [5.41, 5.74) is 1.09. The molecule has 0 amide bonds. The Hall–Kier alpha value is -1.07. The van der Waals surface area contributed by atoms with Gasteiger partial charge >= 0.3 is 0 Å². The first-order valence-electron chi connectivity index (χ1n) is 7.43. The predicted molar refractivity (Wildman–Crippen MR) is 109 cm³/mol. The van der Waals surface area contributed by atoms with E-state index >= 15 is 0 Å². The van der Waals surface area contributed by atoms with Crippen LogP contribution in [0.5, 0.6) is 5.75 Å². The number of aliphatic imine (C=N–C) groups is 1. The average molecular weight is 470 g/mol. The second kappa shape index (κ2) is 11.5. The van der Waals surface area contributed by atoms with E-state index in [1.807, 2.05) is 38.1 Å². The van der Waals surface area contributed by atoms with E-state index in [-0.39, 0.29) is 30.1 Å². The molecule has 0 saturated carbocycles. The van der Waals surface area contributed by atoms with Gasteiger partial charge < -0.3 is 15.4 Å². The van der Waals surface area contributed by atoms with Crippen LogP contribution in [0.3, 0.4) is 0 Å². The minimum atomic E-state index is -3.16. The Morgan fingerprint density at radius 1 is 1.25 bits per heavy atom. The Morgan fingerprint density at radius 2 is 1.92 bits per heavy atom. The maximum Gasteiger partial charge on any atom is 0.208 e. The molecule has 0 aliphatic heterocycles. The highest BCUT2D eigenvalue weighted by Crippen LogP contribution is 2.17. The fourth-order valence-electron chi connectivity index (χ4n) is 1.83. The van der Waals surface area contributed by atoms with E-state index < -0.39 is 10.0 Å². The van der Waals surface area contributed by atoms with Crippen LogP contribution in [0.4, 0.5) is 0 Å². The van der Waals surface area contributed by atoms with Crippen LogP contribution in [0.25, 0.3) is 0 Å². The van der Waals surface area contributed by atoms with E-state index in [4.69, 9.17) is 4.74 Å². The van der Waals surface area contributed by atoms with Crippen molar-refractivity contribution in [3.8, 4) is 5.75 Å². The lowest BCUT2D eigenvalue weighted by atomic mass is 10.2. The molecule has 0 fully saturated rings. The Balaban J connectivity index is 0.00000529. The van der Waals surface area contributed by atoms with Crippen molar-refractivity contribution >= 4 is 40.0 Å². The van der Waals surface area contributed by atoms with Gasteiger partial charge in [-0.25, -0.2) is 13.1 Å². The number of nitrogens with one attached hydrogen (secondary N) is 3. The molecular weight excluding hydrogens is 443 g/mol. The number of guanidine groups is 1. The van der Waals surface area contributed by atoms with Gasteiger partial charge in [0.2, 0.25) is 10.0 Å². The molecule has 0 bridgehead atoms. The molecule has 1 aromatic rings. The third kappa shape index (κ3) is 9.93. The summed E-state index contributed by atoms with van der Waals surface area (Å²) in [5.74, 6) is 1.46. The van der Waals surface area contributed by atoms with Crippen molar-refractivity contribution < 1.29 is 13.2 Å². The number of halogens is 1. The van der Waals surface area contributed by atoms with Crippen molar-refractivity contribution in [3.05, 3.63) is 29.8 Å². The molecule has 7 nitrogen and oxygen atoms in total. The maximum atomic E-state index is 11.0. The highest BCUT2D eigenvalue weighted by molar-refractivity contribution is 14.0. The molecule has 1 rings (SSSR count). The largest absolute Gasteiger partial charge is 0.489 e. The molecule has 1 unspecified atom stereocenters. The Labute approximate surface area is 161 Å². The Morgan fingerprint density at radius 3 is 2.50 bits per heavy atom. The highest BCUT2D eigenvalue weighted by atomic mass is 127. The van der Waals surface area contributed by atoms with Crippen LogP contribution < -0.4 is 20.1 Å². The van der Waals surface area contributed by atoms with E-state index in [2.05, 4.69) is 20.3 Å². The first-order valence-corrected chi connectivity index (χ1v) is 9.32. The number of hydrogen-bond acceptors (Lipinski definition) is 4. The molecule has 1 aromatic carbocycles. The van der Waals surface area contributed by atoms with Gasteiger partial charge in [-0.1, -0.05) is 18.2 Å². The van der Waals surface area contributed by atoms with Gasteiger partial charge in [-0.2, -0.15) is 0 Å². The van der Waals surface area contributed by atoms with Crippen LogP contribution in [0.15, 0.2) is 29.3 Å². The first kappa shape index (κ1) is 22.9. The smallest absolute Gasteiger partial charge is 0.208 e. The minimum absolute atomic E-state index is 0. The van der Waals surface area contributed by atoms with Gasteiger partial charge in [0, 0.05) is 20.1 Å². The zero-order valence-electron chi connectivity index (χ0n) is 14.5. The number of hydrogen-bond donors (Lipinski definition) is 3. The fourth-order valence-corrected chi connectivity index (χ4v) is 2.30. The lowest BCUT2D eigenvalue weighted by molar-refractivity contribution is 0.222. The fraction of sp³-hybridized carbons (Fsp3) is 0.533. The number of para-hydroxylation sites is 1. The van der Waals surface area contributed by atoms with Crippen molar-refractivity contribution in [2.24, 2.45) is 4.99 Å². The molecule has 0 spiro atoms. The molecule has 0 saturated heterocycles. The zero-order chi connectivity index (χ0) is 17.3. The van der Waals surface area contributed by atoms with Crippen LogP contribution >= 0.6 is 24.0 Å². The molecule has 0 radical (unpaired) electrons. The number of ether oxygens (including phenoxy) is 1. The first-order chi connectivity index (χ1) is 10.8. The van der Waals surface area contributed by atoms with E-state index in [0.717, 1.165) is 17.6 Å². The quantitative estimate of drug-likeness (QED) is 0.229. The van der Waals surface area contributed by atoms with Gasteiger partial charge in [0.25, 0.3) is 0 Å². The molecule has 0 aliphatic carbocycles. The predicted octanol–water partition coefficient (Wildman–Crippen LogP) is 1.09. The highest BCUT2D eigenvalue weighted by Gasteiger charge is 2.07. The second-order valence-corrected chi connectivity index (χ2v) is 7.07. The van der Waals surface area contributed by atoms with E-state index in [1.54, 1.807) is 7.05 Å². The lowest BCUT2D eigenvalue weighted by Crippen LogP contribution is -2.44. The standard InChI is InChI=1S/C15H26N4O3S.HI/c1-12-7-5-6-8-14(12)22-13(2)11-18-15(16-3)17-9-10-19-23(4,20)21;/h5-8,13,19H,9-11H2,1-4H3,(H2,16,17,18);1H. The number of nitrogens with zero attached hydrogens (tertiary/aromatic N) is 1. The third-order valence-corrected chi connectivity index (χ3v) is 3.71. The molecule has 138 valence electrons. The minimum Gasteiger partial charge on any atom is -0.489 e. The normalized spacial score (nSPS) is 12.9. The molecule has 0 heterocycles. The van der Waals surface area contributed by atoms with E-state index in [9.17, 15) is 8.42 Å². The summed E-state index contributed by atoms with van der Waals surface area (Å²) < 4.78 is 30.2. The van der Waals surface area contributed by atoms with Crippen LogP contribution in [-0.4, -0.2) is 53.4 Å². The van der Waals surface area contributed by atoms with Gasteiger partial charge in [0.05, 0.1) is 12.8 Å². The molecule has 3 N–H and O–H groups in total. The summed E-state index contributed by atoms with van der Waals surface area (Å²) in [7, 11) is -1.50. The monoisotopic (exact) mass is 470 g/mol. The van der Waals surface area contributed by atoms with Gasteiger partial charge in [-0.15, -0.1) is 24.0 Å². The maximum absolute atomic E-state index is 11.0. The SMILES string of the molecule is CN=C(NCCNS(C)(=O)=O)NCC(C)Oc1ccccc1C.I. The molecule has 9 heteroatoms. The summed E-state index contributed by atoms with van der Waals surface area (Å²) in [6.45, 7) is 5.30. The molecule has 0 aliphatic rings. The van der Waals surface area contributed by atoms with Crippen LogP contribution in [0, 0.1) is 6.92 Å². The number of benzene rings is 1. The van der Waals surface area contributed by atoms with Crippen LogP contribution in [-0.2, 0) is 10.0 Å². The van der Waals surface area contributed by atoms with Crippen molar-refractivity contribution in [1.29, 1.82) is 0 Å². The van der Waals surface area contributed by atoms with E-state index in [1.165, 1.54) is 0 Å². The molecule has 24 heavy (non-hydrogen) atoms. The second-order valence-electron chi connectivity index (χ2n) is 5.24. The van der Waals surface area contributed by atoms with Gasteiger partial charge in [0.1, 0.15) is 11.9 Å². The number of rotatable bonds is 8. The van der Waals surface area contributed by atoms with E-state index in [0.29, 0.717) is 25.6 Å². The summed E-state index contributed by atoms with van der Waals surface area (Å²) in [6.07, 6.45) is 1.09. The molecule has 0 aromatic heterocycles. The third-order valence-electron chi connectivity index (χ3n) is 2.98. The zero-order valence-corrected chi connectivity index (χ0v) is 17.6. The van der Waals surface area contributed by atoms with Crippen LogP contribution in [0.2, 0.25) is 0 Å². The van der Waals surface area contributed by atoms with Gasteiger partial charge in [-0.3, -0.25) is 4.99 Å². The number of sulfonamides is 1. The lowest BCUT2D eigenvalue weighted by Gasteiger charge is -2.18.